The summed E-state index contributed by atoms with van der Waals surface area (Å²) >= 11 is 0. The molecule has 3 heterocycles. The molecule has 1 amide bonds. The van der Waals surface area contributed by atoms with Gasteiger partial charge in [-0.1, -0.05) is 42.5 Å². The summed E-state index contributed by atoms with van der Waals surface area (Å²) in [5, 5.41) is 3.33. The quantitative estimate of drug-likeness (QED) is 0.686. The fourth-order valence-corrected chi connectivity index (χ4v) is 4.77. The number of nitrogens with one attached hydrogen (secondary N) is 2. The van der Waals surface area contributed by atoms with Crippen molar-refractivity contribution < 1.29 is 4.79 Å². The molecule has 0 spiro atoms. The van der Waals surface area contributed by atoms with Gasteiger partial charge in [0.2, 0.25) is 11.9 Å². The molecule has 156 valence electrons. The minimum absolute atomic E-state index is 0.140. The molecular formula is C24H29N5O. The van der Waals surface area contributed by atoms with Gasteiger partial charge in [-0.15, -0.1) is 0 Å². The first kappa shape index (κ1) is 19.1. The third kappa shape index (κ3) is 4.05. The number of H-pyrrole nitrogens is 1. The van der Waals surface area contributed by atoms with E-state index in [-0.39, 0.29) is 18.0 Å². The van der Waals surface area contributed by atoms with Crippen LogP contribution in [0.5, 0.6) is 0 Å². The molecule has 2 fully saturated rings. The van der Waals surface area contributed by atoms with E-state index in [1.54, 1.807) is 0 Å². The monoisotopic (exact) mass is 403 g/mol. The van der Waals surface area contributed by atoms with Crippen molar-refractivity contribution in [2.24, 2.45) is 0 Å². The molecule has 2 saturated heterocycles. The average molecular weight is 404 g/mol. The molecule has 0 saturated carbocycles. The number of amides is 1. The maximum Gasteiger partial charge on any atom is 0.243 e. The first-order chi connectivity index (χ1) is 14.8. The number of anilines is 1. The van der Waals surface area contributed by atoms with Gasteiger partial charge >= 0.3 is 0 Å². The van der Waals surface area contributed by atoms with Gasteiger partial charge in [-0.25, -0.2) is 4.98 Å². The maximum absolute atomic E-state index is 13.2. The first-order valence-corrected chi connectivity index (χ1v) is 11.0. The van der Waals surface area contributed by atoms with Crippen LogP contribution < -0.4 is 10.2 Å². The van der Waals surface area contributed by atoms with Gasteiger partial charge in [0.15, 0.2) is 0 Å². The maximum atomic E-state index is 13.2. The van der Waals surface area contributed by atoms with E-state index in [4.69, 9.17) is 4.98 Å². The lowest BCUT2D eigenvalue weighted by atomic mass is 10.0. The van der Waals surface area contributed by atoms with Gasteiger partial charge in [0, 0.05) is 32.2 Å². The van der Waals surface area contributed by atoms with E-state index in [1.807, 2.05) is 24.3 Å². The number of aromatic amines is 1. The van der Waals surface area contributed by atoms with Gasteiger partial charge in [-0.05, 0) is 43.4 Å². The first-order valence-electron chi connectivity index (χ1n) is 11.0. The summed E-state index contributed by atoms with van der Waals surface area (Å²) in [6, 6.07) is 18.7. The van der Waals surface area contributed by atoms with Crippen LogP contribution in [-0.2, 0) is 11.3 Å². The number of likely N-dealkylation sites (tertiary alicyclic amines) is 1. The summed E-state index contributed by atoms with van der Waals surface area (Å²) in [5.74, 6) is 0.954. The Labute approximate surface area is 177 Å². The van der Waals surface area contributed by atoms with Gasteiger partial charge in [0.25, 0.3) is 0 Å². The standard InChI is InChI=1S/C24H29N5O/c30-23(25-19-13-15-28(17-19)16-18-8-2-1-3-9-18)22-12-6-7-14-29(22)24-26-20-10-4-5-11-21(20)27-24/h1-5,8-11,19,22H,6-7,12-17H2,(H,25,30)(H,26,27)/t19-,22?/m0/s1. The van der Waals surface area contributed by atoms with Crippen molar-refractivity contribution in [2.45, 2.75) is 44.3 Å². The Morgan fingerprint density at radius 1 is 1.03 bits per heavy atom. The predicted octanol–water partition coefficient (Wildman–Crippen LogP) is 3.31. The average Bonchev–Trinajstić information content (AvgIpc) is 3.41. The Kier molecular flexibility index (Phi) is 5.41. The van der Waals surface area contributed by atoms with E-state index in [9.17, 15) is 4.79 Å². The normalized spacial score (nSPS) is 22.5. The van der Waals surface area contributed by atoms with Crippen molar-refractivity contribution in [3.8, 4) is 0 Å². The summed E-state index contributed by atoms with van der Waals surface area (Å²) in [4.78, 5) is 25.9. The van der Waals surface area contributed by atoms with Crippen LogP contribution in [0.4, 0.5) is 5.95 Å². The highest BCUT2D eigenvalue weighted by molar-refractivity contribution is 5.86. The zero-order valence-electron chi connectivity index (χ0n) is 17.3. The highest BCUT2D eigenvalue weighted by atomic mass is 16.2. The number of carbonyl (C=O) groups excluding carboxylic acids is 1. The number of hydrogen-bond donors (Lipinski definition) is 2. The molecule has 6 nitrogen and oxygen atoms in total. The summed E-state index contributed by atoms with van der Waals surface area (Å²) in [5.41, 5.74) is 3.29. The SMILES string of the molecule is O=C(N[C@H]1CCN(Cc2ccccc2)C1)C1CCCCN1c1nc2ccccc2[nH]1. The van der Waals surface area contributed by atoms with Crippen LogP contribution in [-0.4, -0.2) is 52.5 Å². The molecule has 5 rings (SSSR count). The second-order valence-electron chi connectivity index (χ2n) is 8.50. The fraction of sp³-hybridized carbons (Fsp3) is 0.417. The number of imidazole rings is 1. The highest BCUT2D eigenvalue weighted by Gasteiger charge is 2.33. The van der Waals surface area contributed by atoms with Crippen LogP contribution in [0, 0.1) is 0 Å². The number of fused-ring (bicyclic) bond motifs is 1. The molecule has 2 atom stereocenters. The van der Waals surface area contributed by atoms with Crippen molar-refractivity contribution in [1.82, 2.24) is 20.2 Å². The van der Waals surface area contributed by atoms with Gasteiger partial charge in [0.05, 0.1) is 11.0 Å². The van der Waals surface area contributed by atoms with E-state index in [1.165, 1.54) is 5.56 Å². The number of benzene rings is 2. The molecule has 2 aromatic carbocycles. The van der Waals surface area contributed by atoms with Gasteiger partial charge in [-0.2, -0.15) is 0 Å². The van der Waals surface area contributed by atoms with Crippen LogP contribution in [0.15, 0.2) is 54.6 Å². The summed E-state index contributed by atoms with van der Waals surface area (Å²) in [7, 11) is 0. The second-order valence-corrected chi connectivity index (χ2v) is 8.50. The molecule has 1 unspecified atom stereocenters. The fourth-order valence-electron chi connectivity index (χ4n) is 4.77. The van der Waals surface area contributed by atoms with Crippen molar-refractivity contribution in [1.29, 1.82) is 0 Å². The zero-order chi connectivity index (χ0) is 20.3. The van der Waals surface area contributed by atoms with E-state index in [0.717, 1.165) is 68.8 Å². The van der Waals surface area contributed by atoms with Crippen molar-refractivity contribution in [2.75, 3.05) is 24.5 Å². The van der Waals surface area contributed by atoms with E-state index < -0.39 is 0 Å². The Hall–Kier alpha value is -2.86. The Bertz CT molecular complexity index is 968. The molecule has 2 aliphatic rings. The smallest absolute Gasteiger partial charge is 0.243 e. The topological polar surface area (TPSA) is 64.3 Å². The third-order valence-corrected chi connectivity index (χ3v) is 6.32. The van der Waals surface area contributed by atoms with Crippen LogP contribution >= 0.6 is 0 Å². The molecule has 0 radical (unpaired) electrons. The molecule has 30 heavy (non-hydrogen) atoms. The van der Waals surface area contributed by atoms with E-state index in [2.05, 4.69) is 50.4 Å². The number of nitrogens with zero attached hydrogens (tertiary/aromatic N) is 3. The summed E-state index contributed by atoms with van der Waals surface area (Å²) < 4.78 is 0. The Morgan fingerprint density at radius 2 is 1.87 bits per heavy atom. The zero-order valence-corrected chi connectivity index (χ0v) is 17.3. The molecular weight excluding hydrogens is 374 g/mol. The number of hydrogen-bond acceptors (Lipinski definition) is 4. The molecule has 2 N–H and O–H groups in total. The van der Waals surface area contributed by atoms with Gasteiger partial charge in [-0.3, -0.25) is 9.69 Å². The number of piperidine rings is 1. The van der Waals surface area contributed by atoms with Crippen LogP contribution in [0.25, 0.3) is 11.0 Å². The molecule has 2 aliphatic heterocycles. The van der Waals surface area contributed by atoms with Gasteiger partial charge < -0.3 is 15.2 Å². The molecule has 6 heteroatoms. The molecule has 1 aromatic heterocycles. The number of aromatic nitrogens is 2. The number of para-hydroxylation sites is 2. The van der Waals surface area contributed by atoms with Crippen LogP contribution in [0.1, 0.15) is 31.2 Å². The van der Waals surface area contributed by atoms with Crippen molar-refractivity contribution in [3.05, 3.63) is 60.2 Å². The molecule has 3 aromatic rings. The van der Waals surface area contributed by atoms with Crippen molar-refractivity contribution in [3.63, 3.8) is 0 Å². The molecule has 0 aliphatic carbocycles. The van der Waals surface area contributed by atoms with Crippen LogP contribution in [0.2, 0.25) is 0 Å². The second kappa shape index (κ2) is 8.48. The lowest BCUT2D eigenvalue weighted by Gasteiger charge is -2.35. The Balaban J connectivity index is 1.23. The summed E-state index contributed by atoms with van der Waals surface area (Å²) in [6.07, 6.45) is 4.06. The predicted molar refractivity (Wildman–Crippen MR) is 119 cm³/mol. The van der Waals surface area contributed by atoms with Crippen molar-refractivity contribution >= 4 is 22.9 Å². The van der Waals surface area contributed by atoms with E-state index >= 15 is 0 Å². The third-order valence-electron chi connectivity index (χ3n) is 6.32. The minimum Gasteiger partial charge on any atom is -0.350 e. The van der Waals surface area contributed by atoms with Crippen LogP contribution in [0.3, 0.4) is 0 Å². The Morgan fingerprint density at radius 3 is 2.73 bits per heavy atom. The van der Waals surface area contributed by atoms with Gasteiger partial charge in [0.1, 0.15) is 6.04 Å². The highest BCUT2D eigenvalue weighted by Crippen LogP contribution is 2.25. The minimum atomic E-state index is -0.150. The lowest BCUT2D eigenvalue weighted by Crippen LogP contribution is -2.52. The largest absolute Gasteiger partial charge is 0.350 e. The molecule has 0 bridgehead atoms. The van der Waals surface area contributed by atoms with E-state index in [0.29, 0.717) is 0 Å². The number of rotatable bonds is 5. The lowest BCUT2D eigenvalue weighted by molar-refractivity contribution is -0.123. The summed E-state index contributed by atoms with van der Waals surface area (Å²) in [6.45, 7) is 3.75. The number of carbonyl (C=O) groups is 1.